The predicted octanol–water partition coefficient (Wildman–Crippen LogP) is 5.34. The molecule has 2 aliphatic rings. The second-order valence-corrected chi connectivity index (χ2v) is 10.4. The number of thioether (sulfide) groups is 1. The first-order chi connectivity index (χ1) is 16.7. The number of amidine groups is 1. The summed E-state index contributed by atoms with van der Waals surface area (Å²) in [6.07, 6.45) is -6.78. The molecule has 5 nitrogen and oxygen atoms in total. The first-order valence-corrected chi connectivity index (χ1v) is 11.5. The number of aromatic nitrogens is 1. The number of alkyl halides is 5. The highest BCUT2D eigenvalue weighted by Crippen LogP contribution is 2.68. The molecule has 4 rings (SSSR count). The fourth-order valence-corrected chi connectivity index (χ4v) is 5.91. The Morgan fingerprint density at radius 2 is 1.97 bits per heavy atom. The van der Waals surface area contributed by atoms with Gasteiger partial charge in [0.1, 0.15) is 11.4 Å². The van der Waals surface area contributed by atoms with Gasteiger partial charge >= 0.3 is 6.18 Å². The highest BCUT2D eigenvalue weighted by atomic mass is 32.2. The molecule has 1 aromatic carbocycles. The standard InChI is InChI=1S/C23H20F7N3O2S/c1-10-3-12(35-9-23(28,29)30)8-32-18(10)15(34)6-11-4-13(17(25)14(24)5-11)21(2)16-7-22(16,19(26)27)36-20(31)33-21/h3-5,8,16,19H,6-7,9H2,1-2H3,(H2,31,33)/t16-,21+,22-/m0/s1. The Morgan fingerprint density at radius 3 is 2.58 bits per heavy atom. The maximum Gasteiger partial charge on any atom is 0.422 e. The van der Waals surface area contributed by atoms with E-state index in [1.807, 2.05) is 0 Å². The number of nitrogens with two attached hydrogens (primary N) is 1. The lowest BCUT2D eigenvalue weighted by Crippen LogP contribution is -2.39. The number of hydrogen-bond donors (Lipinski definition) is 1. The number of rotatable bonds is 7. The molecule has 2 aromatic rings. The van der Waals surface area contributed by atoms with Gasteiger partial charge in [0.25, 0.3) is 6.43 Å². The Hall–Kier alpha value is -2.83. The van der Waals surface area contributed by atoms with Gasteiger partial charge in [-0.2, -0.15) is 13.2 Å². The third-order valence-electron chi connectivity index (χ3n) is 6.36. The number of aryl methyl sites for hydroxylation is 1. The molecule has 0 spiro atoms. The van der Waals surface area contributed by atoms with Crippen LogP contribution in [0.3, 0.4) is 0 Å². The van der Waals surface area contributed by atoms with Gasteiger partial charge in [0, 0.05) is 17.9 Å². The molecule has 36 heavy (non-hydrogen) atoms. The largest absolute Gasteiger partial charge is 0.482 e. The number of ether oxygens (including phenoxy) is 1. The summed E-state index contributed by atoms with van der Waals surface area (Å²) in [5.41, 5.74) is 4.08. The van der Waals surface area contributed by atoms with Crippen molar-refractivity contribution in [2.24, 2.45) is 16.6 Å². The Morgan fingerprint density at radius 1 is 1.28 bits per heavy atom. The van der Waals surface area contributed by atoms with Crippen molar-refractivity contribution in [3.8, 4) is 5.75 Å². The van der Waals surface area contributed by atoms with E-state index in [2.05, 4.69) is 14.7 Å². The van der Waals surface area contributed by atoms with E-state index in [9.17, 15) is 35.5 Å². The molecule has 1 aliphatic heterocycles. The maximum atomic E-state index is 14.9. The van der Waals surface area contributed by atoms with Crippen LogP contribution in [0.4, 0.5) is 30.7 Å². The van der Waals surface area contributed by atoms with Crippen molar-refractivity contribution < 1.29 is 40.3 Å². The zero-order valence-electron chi connectivity index (χ0n) is 18.9. The van der Waals surface area contributed by atoms with Crippen LogP contribution in [0.1, 0.15) is 40.5 Å². The van der Waals surface area contributed by atoms with Gasteiger partial charge in [-0.1, -0.05) is 11.8 Å². The normalized spacial score (nSPS) is 25.4. The van der Waals surface area contributed by atoms with E-state index in [0.717, 1.165) is 24.0 Å². The van der Waals surface area contributed by atoms with Crippen molar-refractivity contribution in [2.45, 2.75) is 49.6 Å². The van der Waals surface area contributed by atoms with Crippen molar-refractivity contribution in [2.75, 3.05) is 6.61 Å². The summed E-state index contributed by atoms with van der Waals surface area (Å²) in [5.74, 6) is -4.16. The lowest BCUT2D eigenvalue weighted by atomic mass is 9.84. The molecule has 1 fully saturated rings. The molecular formula is C23H20F7N3O2S. The minimum absolute atomic E-state index is 0.00608. The summed E-state index contributed by atoms with van der Waals surface area (Å²) in [6.45, 7) is 1.31. The number of hydrogen-bond acceptors (Lipinski definition) is 6. The third-order valence-corrected chi connectivity index (χ3v) is 7.67. The van der Waals surface area contributed by atoms with E-state index in [4.69, 9.17) is 5.73 Å². The van der Waals surface area contributed by atoms with Gasteiger partial charge in [-0.15, -0.1) is 0 Å². The van der Waals surface area contributed by atoms with E-state index < -0.39 is 59.3 Å². The van der Waals surface area contributed by atoms with Crippen LogP contribution < -0.4 is 10.5 Å². The summed E-state index contributed by atoms with van der Waals surface area (Å²) in [6, 6.07) is 3.22. The minimum atomic E-state index is -4.55. The molecule has 0 saturated heterocycles. The van der Waals surface area contributed by atoms with Crippen molar-refractivity contribution in [3.63, 3.8) is 0 Å². The van der Waals surface area contributed by atoms with Crippen LogP contribution in [0.25, 0.3) is 0 Å². The predicted molar refractivity (Wildman–Crippen MR) is 118 cm³/mol. The van der Waals surface area contributed by atoms with Crippen LogP contribution >= 0.6 is 11.8 Å². The van der Waals surface area contributed by atoms with Crippen LogP contribution in [0.5, 0.6) is 5.75 Å². The lowest BCUT2D eigenvalue weighted by Gasteiger charge is -2.34. The molecule has 194 valence electrons. The van der Waals surface area contributed by atoms with E-state index in [1.165, 1.54) is 26.0 Å². The highest BCUT2D eigenvalue weighted by Gasteiger charge is 2.71. The average molecular weight is 535 g/mol. The summed E-state index contributed by atoms with van der Waals surface area (Å²) >= 11 is 0.724. The number of carbonyl (C=O) groups is 1. The molecule has 3 atom stereocenters. The Balaban J connectivity index is 1.61. The van der Waals surface area contributed by atoms with E-state index in [0.29, 0.717) is 0 Å². The molecule has 13 heteroatoms. The molecule has 2 N–H and O–H groups in total. The smallest absolute Gasteiger partial charge is 0.422 e. The number of carbonyl (C=O) groups excluding carboxylic acids is 1. The summed E-state index contributed by atoms with van der Waals surface area (Å²) in [7, 11) is 0. The number of fused-ring (bicyclic) bond motifs is 1. The summed E-state index contributed by atoms with van der Waals surface area (Å²) in [4.78, 5) is 20.9. The van der Waals surface area contributed by atoms with Crippen molar-refractivity contribution in [3.05, 3.63) is 58.4 Å². The second kappa shape index (κ2) is 8.93. The number of ketones is 1. The summed E-state index contributed by atoms with van der Waals surface area (Å²) in [5, 5.41) is -0.166. The topological polar surface area (TPSA) is 77.6 Å². The number of halogens is 7. The van der Waals surface area contributed by atoms with Crippen molar-refractivity contribution in [1.29, 1.82) is 0 Å². The van der Waals surface area contributed by atoms with Crippen LogP contribution in [0, 0.1) is 24.5 Å². The van der Waals surface area contributed by atoms with E-state index >= 15 is 0 Å². The van der Waals surface area contributed by atoms with Gasteiger partial charge in [0.2, 0.25) is 0 Å². The molecule has 0 amide bonds. The molecule has 1 aromatic heterocycles. The van der Waals surface area contributed by atoms with Gasteiger partial charge in [-0.3, -0.25) is 9.79 Å². The van der Waals surface area contributed by atoms with Crippen LogP contribution in [-0.2, 0) is 12.0 Å². The van der Waals surface area contributed by atoms with Crippen LogP contribution in [0.2, 0.25) is 0 Å². The third kappa shape index (κ3) is 4.76. The molecule has 1 aliphatic carbocycles. The van der Waals surface area contributed by atoms with Gasteiger partial charge in [-0.05, 0) is 49.6 Å². The zero-order chi connectivity index (χ0) is 26.6. The Labute approximate surface area is 205 Å². The molecule has 1 saturated carbocycles. The van der Waals surface area contributed by atoms with Gasteiger partial charge < -0.3 is 10.5 Å². The van der Waals surface area contributed by atoms with Gasteiger partial charge in [0.05, 0.1) is 16.5 Å². The van der Waals surface area contributed by atoms with Crippen molar-refractivity contribution in [1.82, 2.24) is 4.98 Å². The Kier molecular flexibility index (Phi) is 6.51. The maximum absolute atomic E-state index is 14.9. The molecule has 0 bridgehead atoms. The monoisotopic (exact) mass is 535 g/mol. The minimum Gasteiger partial charge on any atom is -0.482 e. The van der Waals surface area contributed by atoms with Crippen LogP contribution in [0.15, 0.2) is 29.4 Å². The van der Waals surface area contributed by atoms with E-state index in [-0.39, 0.29) is 39.7 Å². The molecule has 0 unspecified atom stereocenters. The number of benzene rings is 1. The second-order valence-electron chi connectivity index (χ2n) is 8.99. The van der Waals surface area contributed by atoms with Gasteiger partial charge in [0.15, 0.2) is 29.2 Å². The van der Waals surface area contributed by atoms with E-state index in [1.54, 1.807) is 0 Å². The number of pyridine rings is 1. The average Bonchev–Trinajstić information content (AvgIpc) is 3.51. The fraction of sp³-hybridized carbons (Fsp3) is 0.435. The highest BCUT2D eigenvalue weighted by molar-refractivity contribution is 8.15. The first kappa shape index (κ1) is 26.2. The number of aliphatic imine (C=N–C) groups is 1. The van der Waals surface area contributed by atoms with Crippen molar-refractivity contribution >= 4 is 22.7 Å². The molecule has 0 radical (unpaired) electrons. The number of nitrogens with zero attached hydrogens (tertiary/aromatic N) is 2. The lowest BCUT2D eigenvalue weighted by molar-refractivity contribution is -0.153. The Bertz CT molecular complexity index is 1250. The SMILES string of the molecule is Cc1cc(OCC(F)(F)F)cnc1C(=O)Cc1cc(F)c(F)c([C@@]2(C)N=C(N)S[C@@]3(C(F)F)C[C@@H]23)c1. The fourth-order valence-electron chi connectivity index (χ4n) is 4.58. The quantitative estimate of drug-likeness (QED) is 0.383. The molecule has 2 heterocycles. The first-order valence-electron chi connectivity index (χ1n) is 10.7. The number of Topliss-reactive ketones (excluding diaryl/α,β-unsaturated/α-hetero) is 1. The molecular weight excluding hydrogens is 515 g/mol. The van der Waals surface area contributed by atoms with Crippen LogP contribution in [-0.4, -0.2) is 39.9 Å². The summed E-state index contributed by atoms with van der Waals surface area (Å²) < 4.78 is 97.1. The zero-order valence-corrected chi connectivity index (χ0v) is 19.7. The van der Waals surface area contributed by atoms with Gasteiger partial charge in [-0.25, -0.2) is 22.5 Å².